The van der Waals surface area contributed by atoms with E-state index in [1.54, 1.807) is 24.7 Å². The van der Waals surface area contributed by atoms with Crippen LogP contribution in [-0.4, -0.2) is 25.4 Å². The molecule has 3 heterocycles. The molecule has 0 N–H and O–H groups in total. The Morgan fingerprint density at radius 2 is 1.90 bits per heavy atom. The van der Waals surface area contributed by atoms with Gasteiger partial charge in [0.15, 0.2) is 0 Å². The minimum absolute atomic E-state index is 0.0992. The maximum atomic E-state index is 13.3. The number of halogens is 1. The third-order valence-corrected chi connectivity index (χ3v) is 6.08. The van der Waals surface area contributed by atoms with E-state index in [4.69, 9.17) is 4.98 Å². The lowest BCUT2D eigenvalue weighted by Crippen LogP contribution is -2.23. The zero-order valence-corrected chi connectivity index (χ0v) is 19.6. The van der Waals surface area contributed by atoms with Gasteiger partial charge < -0.3 is 4.57 Å². The lowest BCUT2D eigenvalue weighted by Gasteiger charge is -2.14. The highest BCUT2D eigenvalue weighted by molar-refractivity contribution is 9.10. The number of nitrogens with zero attached hydrogens (tertiary/aromatic N) is 5. The van der Waals surface area contributed by atoms with Crippen LogP contribution in [0, 0.1) is 13.8 Å². The second-order valence-electron chi connectivity index (χ2n) is 7.67. The monoisotopic (exact) mass is 477 g/mol. The summed E-state index contributed by atoms with van der Waals surface area (Å²) in [6, 6.07) is 11.6. The predicted molar refractivity (Wildman–Crippen MR) is 128 cm³/mol. The first-order valence-corrected chi connectivity index (χ1v) is 11.1. The molecule has 3 aromatic heterocycles. The van der Waals surface area contributed by atoms with Crippen molar-refractivity contribution in [1.29, 1.82) is 0 Å². The quantitative estimate of drug-likeness (QED) is 0.363. The zero-order chi connectivity index (χ0) is 22.1. The molecule has 4 rings (SSSR count). The molecule has 0 spiro atoms. The Labute approximate surface area is 189 Å². The van der Waals surface area contributed by atoms with Gasteiger partial charge in [0, 0.05) is 45.4 Å². The van der Waals surface area contributed by atoms with Crippen molar-refractivity contribution in [1.82, 2.24) is 19.2 Å². The van der Waals surface area contributed by atoms with Crippen molar-refractivity contribution in [3.05, 3.63) is 86.4 Å². The Morgan fingerprint density at radius 3 is 2.61 bits per heavy atom. The summed E-state index contributed by atoms with van der Waals surface area (Å²) in [5, 5.41) is 5.15. The summed E-state index contributed by atoms with van der Waals surface area (Å²) in [7, 11) is 0. The van der Waals surface area contributed by atoms with Crippen molar-refractivity contribution >= 4 is 33.0 Å². The van der Waals surface area contributed by atoms with Gasteiger partial charge in [0.25, 0.3) is 5.56 Å². The molecule has 7 heteroatoms. The molecule has 0 aliphatic carbocycles. The van der Waals surface area contributed by atoms with Gasteiger partial charge in [-0.15, -0.1) is 0 Å². The van der Waals surface area contributed by atoms with E-state index in [1.165, 1.54) is 4.68 Å². The van der Waals surface area contributed by atoms with Crippen LogP contribution in [0.25, 0.3) is 16.6 Å². The van der Waals surface area contributed by atoms with Gasteiger partial charge in [-0.3, -0.25) is 9.78 Å². The highest BCUT2D eigenvalue weighted by Crippen LogP contribution is 2.22. The van der Waals surface area contributed by atoms with E-state index in [0.29, 0.717) is 16.7 Å². The van der Waals surface area contributed by atoms with Gasteiger partial charge in [0.2, 0.25) is 0 Å². The lowest BCUT2D eigenvalue weighted by molar-refractivity contribution is 0.613. The molecule has 0 aliphatic heterocycles. The van der Waals surface area contributed by atoms with Crippen LogP contribution >= 0.6 is 15.9 Å². The van der Waals surface area contributed by atoms with Gasteiger partial charge in [-0.2, -0.15) is 9.78 Å². The van der Waals surface area contributed by atoms with Crippen LogP contribution in [0.5, 0.6) is 0 Å². The number of aromatic nitrogens is 4. The molecule has 0 aliphatic rings. The molecule has 1 atom stereocenters. The van der Waals surface area contributed by atoms with Gasteiger partial charge >= 0.3 is 0 Å². The molecule has 1 aromatic carbocycles. The fourth-order valence-corrected chi connectivity index (χ4v) is 4.07. The van der Waals surface area contributed by atoms with E-state index in [-0.39, 0.29) is 11.5 Å². The number of pyridine rings is 1. The molecule has 0 saturated carbocycles. The first-order valence-electron chi connectivity index (χ1n) is 10.3. The number of rotatable bonds is 5. The predicted octanol–water partition coefficient (Wildman–Crippen LogP) is 5.36. The largest absolute Gasteiger partial charge is 0.318 e. The van der Waals surface area contributed by atoms with Crippen molar-refractivity contribution < 1.29 is 0 Å². The zero-order valence-electron chi connectivity index (χ0n) is 18.0. The summed E-state index contributed by atoms with van der Waals surface area (Å²) < 4.78 is 4.44. The Hall–Kier alpha value is -3.06. The number of fused-ring (bicyclic) bond motifs is 1. The molecule has 6 nitrogen and oxygen atoms in total. The van der Waals surface area contributed by atoms with Gasteiger partial charge in [0.05, 0.1) is 17.1 Å². The fourth-order valence-electron chi connectivity index (χ4n) is 3.71. The van der Waals surface area contributed by atoms with Gasteiger partial charge in [-0.05, 0) is 56.7 Å². The molecular weight excluding hydrogens is 454 g/mol. The van der Waals surface area contributed by atoms with Crippen molar-refractivity contribution in [3.8, 4) is 5.69 Å². The molecule has 0 bridgehead atoms. The molecule has 0 fully saturated rings. The van der Waals surface area contributed by atoms with Crippen LogP contribution in [0.15, 0.2) is 63.2 Å². The van der Waals surface area contributed by atoms with Crippen LogP contribution in [0.2, 0.25) is 0 Å². The van der Waals surface area contributed by atoms with E-state index in [9.17, 15) is 4.79 Å². The van der Waals surface area contributed by atoms with E-state index >= 15 is 0 Å². The highest BCUT2D eigenvalue weighted by Gasteiger charge is 2.16. The molecule has 31 heavy (non-hydrogen) atoms. The molecular formula is C24H24BrN5O. The van der Waals surface area contributed by atoms with Gasteiger partial charge in [-0.25, -0.2) is 4.98 Å². The first kappa shape index (κ1) is 21.2. The van der Waals surface area contributed by atoms with Crippen LogP contribution in [0.1, 0.15) is 49.0 Å². The Kier molecular flexibility index (Phi) is 5.87. The van der Waals surface area contributed by atoms with Crippen molar-refractivity contribution in [3.63, 3.8) is 0 Å². The Morgan fingerprint density at radius 1 is 1.16 bits per heavy atom. The summed E-state index contributed by atoms with van der Waals surface area (Å²) >= 11 is 3.45. The first-order chi connectivity index (χ1) is 14.9. The lowest BCUT2D eigenvalue weighted by atomic mass is 10.1. The summed E-state index contributed by atoms with van der Waals surface area (Å²) in [6.45, 7) is 8.24. The average Bonchev–Trinajstić information content (AvgIpc) is 3.06. The van der Waals surface area contributed by atoms with Crippen molar-refractivity contribution in [2.24, 2.45) is 5.10 Å². The maximum Gasteiger partial charge on any atom is 0.282 e. The number of benzene rings is 1. The fraction of sp³-hybridized carbons (Fsp3) is 0.250. The highest BCUT2D eigenvalue weighted by atomic mass is 79.9. The smallest absolute Gasteiger partial charge is 0.282 e. The number of hydrogen-bond donors (Lipinski definition) is 0. The Balaban J connectivity index is 1.85. The van der Waals surface area contributed by atoms with Gasteiger partial charge in [0.1, 0.15) is 5.82 Å². The van der Waals surface area contributed by atoms with Crippen LogP contribution in [0.4, 0.5) is 0 Å². The minimum atomic E-state index is -0.166. The standard InChI is InChI=1S/C24H24BrN5O/c1-5-15(2)23-28-22-7-6-19(25)13-21(22)24(31)30(23)27-14-18-12-16(3)29(17(18)4)20-8-10-26-11-9-20/h6-15H,5H2,1-4H3/t15-/m0/s1. The van der Waals surface area contributed by atoms with E-state index in [2.05, 4.69) is 57.4 Å². The summed E-state index contributed by atoms with van der Waals surface area (Å²) in [5.41, 5.74) is 4.64. The van der Waals surface area contributed by atoms with Gasteiger partial charge in [-0.1, -0.05) is 29.8 Å². The molecule has 0 amide bonds. The number of aryl methyl sites for hydroxylation is 1. The summed E-state index contributed by atoms with van der Waals surface area (Å²) in [5.74, 6) is 0.767. The van der Waals surface area contributed by atoms with Crippen LogP contribution < -0.4 is 5.56 Å². The SMILES string of the molecule is CC[C@H](C)c1nc2ccc(Br)cc2c(=O)n1N=Cc1cc(C)n(-c2ccncc2)c1C. The van der Waals surface area contributed by atoms with Crippen molar-refractivity contribution in [2.75, 3.05) is 0 Å². The third kappa shape index (κ3) is 3.97. The second-order valence-corrected chi connectivity index (χ2v) is 8.59. The van der Waals surface area contributed by atoms with Crippen LogP contribution in [-0.2, 0) is 0 Å². The summed E-state index contributed by atoms with van der Waals surface area (Å²) in [6.07, 6.45) is 6.16. The minimum Gasteiger partial charge on any atom is -0.318 e. The van der Waals surface area contributed by atoms with E-state index < -0.39 is 0 Å². The maximum absolute atomic E-state index is 13.3. The van der Waals surface area contributed by atoms with E-state index in [0.717, 1.165) is 33.5 Å². The third-order valence-electron chi connectivity index (χ3n) is 5.59. The van der Waals surface area contributed by atoms with E-state index in [1.807, 2.05) is 31.2 Å². The van der Waals surface area contributed by atoms with Crippen LogP contribution in [0.3, 0.4) is 0 Å². The molecule has 0 unspecified atom stereocenters. The molecule has 158 valence electrons. The average molecular weight is 478 g/mol. The van der Waals surface area contributed by atoms with Crippen molar-refractivity contribution in [2.45, 2.75) is 40.0 Å². The second kappa shape index (κ2) is 8.59. The topological polar surface area (TPSA) is 65.1 Å². The normalized spacial score (nSPS) is 12.7. The molecule has 4 aromatic rings. The number of hydrogen-bond acceptors (Lipinski definition) is 4. The Bertz CT molecular complexity index is 1340. The molecule has 0 radical (unpaired) electrons. The summed E-state index contributed by atoms with van der Waals surface area (Å²) in [4.78, 5) is 22.2. The molecule has 0 saturated heterocycles.